The van der Waals surface area contributed by atoms with E-state index in [1.807, 2.05) is 87.4 Å². The minimum Gasteiger partial charge on any atom is -0.444 e. The van der Waals surface area contributed by atoms with Gasteiger partial charge in [0.25, 0.3) is 0 Å². The van der Waals surface area contributed by atoms with E-state index in [1.165, 1.54) is 0 Å². The monoisotopic (exact) mass is 550 g/mol. The highest BCUT2D eigenvalue weighted by molar-refractivity contribution is 9.10. The van der Waals surface area contributed by atoms with Gasteiger partial charge in [0.2, 0.25) is 5.91 Å². The van der Waals surface area contributed by atoms with Gasteiger partial charge in [-0.25, -0.2) is 4.79 Å². The Morgan fingerprint density at radius 3 is 2.11 bits per heavy atom. The van der Waals surface area contributed by atoms with Crippen LogP contribution in [0, 0.1) is 5.41 Å². The van der Waals surface area contributed by atoms with Gasteiger partial charge in [0, 0.05) is 23.4 Å². The highest BCUT2D eigenvalue weighted by Crippen LogP contribution is 2.38. The van der Waals surface area contributed by atoms with Crippen LogP contribution >= 0.6 is 15.9 Å². The van der Waals surface area contributed by atoms with Gasteiger partial charge in [-0.1, -0.05) is 42.8 Å². The first-order valence-electron chi connectivity index (χ1n) is 12.2. The SMILES string of the molecule is CN1C(=O)[C@H](Cc2ccc(Br)cc2B2OC(C)(C)C(C)(C)O2)N(C(=O)OC(C)(C)C)C1C(C)(C)C. The van der Waals surface area contributed by atoms with E-state index in [0.717, 1.165) is 15.5 Å². The van der Waals surface area contributed by atoms with Crippen LogP contribution in [0.4, 0.5) is 4.79 Å². The fourth-order valence-electron chi connectivity index (χ4n) is 4.71. The molecule has 3 rings (SSSR count). The second-order valence-corrected chi connectivity index (χ2v) is 13.6. The van der Waals surface area contributed by atoms with Crippen LogP contribution in [-0.4, -0.2) is 65.0 Å². The Labute approximate surface area is 219 Å². The number of carbonyl (C=O) groups is 2. The summed E-state index contributed by atoms with van der Waals surface area (Å²) in [5, 5.41) is 0. The summed E-state index contributed by atoms with van der Waals surface area (Å²) in [6.45, 7) is 19.6. The van der Waals surface area contributed by atoms with E-state index in [-0.39, 0.29) is 11.3 Å². The zero-order valence-electron chi connectivity index (χ0n) is 23.0. The van der Waals surface area contributed by atoms with Crippen LogP contribution in [0.15, 0.2) is 22.7 Å². The summed E-state index contributed by atoms with van der Waals surface area (Å²) in [6, 6.07) is 5.17. The van der Waals surface area contributed by atoms with Crippen LogP contribution in [0.1, 0.15) is 74.8 Å². The molecule has 1 aromatic carbocycles. The molecule has 35 heavy (non-hydrogen) atoms. The number of likely N-dealkylation sites (N-methyl/N-ethyl adjacent to an activating group) is 1. The molecule has 0 saturated carbocycles. The Morgan fingerprint density at radius 1 is 1.09 bits per heavy atom. The Bertz CT molecular complexity index is 982. The number of nitrogens with zero attached hydrogens (tertiary/aromatic N) is 2. The standard InChI is InChI=1S/C26H40BBrN2O5/c1-23(2,3)21-29(11)20(31)19(30(21)22(32)33-24(4,5)6)14-16-12-13-17(28)15-18(16)27-34-25(7,8)26(9,10)35-27/h12-13,15,19,21H,14H2,1-11H3/t19-,21?/m0/s1. The number of halogens is 1. The number of hydrogen-bond acceptors (Lipinski definition) is 5. The van der Waals surface area contributed by atoms with Crippen LogP contribution in [0.3, 0.4) is 0 Å². The maximum Gasteiger partial charge on any atom is 0.495 e. The Balaban J connectivity index is 2.03. The van der Waals surface area contributed by atoms with Gasteiger partial charge >= 0.3 is 13.2 Å². The van der Waals surface area contributed by atoms with Crippen LogP contribution < -0.4 is 5.46 Å². The lowest BCUT2D eigenvalue weighted by atomic mass is 9.74. The van der Waals surface area contributed by atoms with Gasteiger partial charge in [-0.15, -0.1) is 0 Å². The van der Waals surface area contributed by atoms with E-state index < -0.39 is 42.2 Å². The molecule has 194 valence electrons. The third kappa shape index (κ3) is 5.57. The fourth-order valence-corrected chi connectivity index (χ4v) is 5.09. The van der Waals surface area contributed by atoms with Crippen molar-refractivity contribution in [2.75, 3.05) is 7.05 Å². The fraction of sp³-hybridized carbons (Fsp3) is 0.692. The van der Waals surface area contributed by atoms with E-state index in [1.54, 1.807) is 16.8 Å². The van der Waals surface area contributed by atoms with Crippen molar-refractivity contribution in [2.24, 2.45) is 5.41 Å². The maximum absolute atomic E-state index is 13.6. The number of amides is 2. The van der Waals surface area contributed by atoms with Gasteiger partial charge in [-0.05, 0) is 71.6 Å². The molecule has 2 heterocycles. The average molecular weight is 551 g/mol. The predicted molar refractivity (Wildman–Crippen MR) is 141 cm³/mol. The summed E-state index contributed by atoms with van der Waals surface area (Å²) >= 11 is 3.57. The summed E-state index contributed by atoms with van der Waals surface area (Å²) in [7, 11) is 1.17. The molecular formula is C26H40BBrN2O5. The summed E-state index contributed by atoms with van der Waals surface area (Å²) in [4.78, 5) is 30.3. The summed E-state index contributed by atoms with van der Waals surface area (Å²) in [6.07, 6.45) is -0.609. The van der Waals surface area contributed by atoms with Gasteiger partial charge < -0.3 is 18.9 Å². The van der Waals surface area contributed by atoms with Crippen LogP contribution in [0.25, 0.3) is 0 Å². The first kappa shape index (κ1) is 28.0. The molecule has 2 amide bonds. The predicted octanol–water partition coefficient (Wildman–Crippen LogP) is 4.74. The molecule has 0 radical (unpaired) electrons. The van der Waals surface area contributed by atoms with Gasteiger partial charge in [0.15, 0.2) is 0 Å². The first-order valence-corrected chi connectivity index (χ1v) is 13.0. The van der Waals surface area contributed by atoms with Gasteiger partial charge in [-0.3, -0.25) is 9.69 Å². The lowest BCUT2D eigenvalue weighted by molar-refractivity contribution is -0.129. The molecule has 2 atom stereocenters. The van der Waals surface area contributed by atoms with Crippen molar-refractivity contribution in [2.45, 2.75) is 105 Å². The van der Waals surface area contributed by atoms with Crippen LogP contribution in [-0.2, 0) is 25.3 Å². The first-order chi connectivity index (χ1) is 15.7. The molecule has 2 aliphatic heterocycles. The van der Waals surface area contributed by atoms with Crippen LogP contribution in [0.2, 0.25) is 0 Å². The van der Waals surface area contributed by atoms with Crippen molar-refractivity contribution in [1.29, 1.82) is 0 Å². The van der Waals surface area contributed by atoms with E-state index >= 15 is 0 Å². The second kappa shape index (κ2) is 9.07. The maximum atomic E-state index is 13.6. The van der Waals surface area contributed by atoms with E-state index in [9.17, 15) is 9.59 Å². The average Bonchev–Trinajstić information content (AvgIpc) is 3.04. The molecule has 0 N–H and O–H groups in total. The Morgan fingerprint density at radius 2 is 1.63 bits per heavy atom. The Kier molecular flexibility index (Phi) is 7.25. The second-order valence-electron chi connectivity index (χ2n) is 12.7. The molecule has 1 aromatic rings. The number of ether oxygens (including phenoxy) is 1. The summed E-state index contributed by atoms with van der Waals surface area (Å²) < 4.78 is 19.3. The quantitative estimate of drug-likeness (QED) is 0.508. The van der Waals surface area contributed by atoms with Crippen molar-refractivity contribution in [3.8, 4) is 0 Å². The molecule has 7 nitrogen and oxygen atoms in total. The third-order valence-corrected chi connectivity index (χ3v) is 7.50. The number of hydrogen-bond donors (Lipinski definition) is 0. The highest BCUT2D eigenvalue weighted by atomic mass is 79.9. The molecular weight excluding hydrogens is 511 g/mol. The molecule has 2 aliphatic rings. The van der Waals surface area contributed by atoms with Crippen molar-refractivity contribution >= 4 is 40.5 Å². The number of benzene rings is 1. The molecule has 1 unspecified atom stereocenters. The zero-order chi connectivity index (χ0) is 26.7. The van der Waals surface area contributed by atoms with E-state index in [4.69, 9.17) is 14.0 Å². The Hall–Kier alpha value is -1.58. The molecule has 0 aromatic heterocycles. The summed E-state index contributed by atoms with van der Waals surface area (Å²) in [5.41, 5.74) is -0.316. The number of rotatable bonds is 3. The van der Waals surface area contributed by atoms with Gasteiger partial charge in [0.05, 0.1) is 11.2 Å². The minimum atomic E-state index is -0.707. The van der Waals surface area contributed by atoms with Crippen molar-refractivity contribution in [3.63, 3.8) is 0 Å². The smallest absolute Gasteiger partial charge is 0.444 e. The molecule has 2 fully saturated rings. The largest absolute Gasteiger partial charge is 0.495 e. The minimum absolute atomic E-state index is 0.112. The van der Waals surface area contributed by atoms with Crippen molar-refractivity contribution in [1.82, 2.24) is 9.80 Å². The highest BCUT2D eigenvalue weighted by Gasteiger charge is 2.54. The van der Waals surface area contributed by atoms with E-state index in [0.29, 0.717) is 6.42 Å². The third-order valence-electron chi connectivity index (χ3n) is 7.01. The molecule has 9 heteroatoms. The molecule has 2 saturated heterocycles. The van der Waals surface area contributed by atoms with E-state index in [2.05, 4.69) is 15.9 Å². The zero-order valence-corrected chi connectivity index (χ0v) is 24.6. The van der Waals surface area contributed by atoms with Crippen molar-refractivity contribution < 1.29 is 23.6 Å². The summed E-state index contributed by atoms with van der Waals surface area (Å²) in [5.74, 6) is -0.112. The van der Waals surface area contributed by atoms with Crippen molar-refractivity contribution in [3.05, 3.63) is 28.2 Å². The van der Waals surface area contributed by atoms with Gasteiger partial charge in [0.1, 0.15) is 17.8 Å². The lowest BCUT2D eigenvalue weighted by Crippen LogP contribution is -2.52. The molecule has 0 spiro atoms. The van der Waals surface area contributed by atoms with Crippen LogP contribution in [0.5, 0.6) is 0 Å². The molecule has 0 aliphatic carbocycles. The lowest BCUT2D eigenvalue weighted by Gasteiger charge is -2.39. The molecule has 0 bridgehead atoms. The van der Waals surface area contributed by atoms with Gasteiger partial charge in [-0.2, -0.15) is 0 Å². The topological polar surface area (TPSA) is 68.3 Å². The number of carbonyl (C=O) groups excluding carboxylic acids is 2. The normalized spacial score (nSPS) is 24.3.